The Morgan fingerprint density at radius 2 is 2.00 bits per heavy atom. The average Bonchev–Trinajstić information content (AvgIpc) is 2.93. The maximum atomic E-state index is 14.7. The molecule has 2 saturated heterocycles. The first-order chi connectivity index (χ1) is 19.3. The summed E-state index contributed by atoms with van der Waals surface area (Å²) in [7, 11) is 0. The number of hydrogen-bond donors (Lipinski definition) is 4. The first-order valence-electron chi connectivity index (χ1n) is 14.4. The van der Waals surface area contributed by atoms with Crippen molar-refractivity contribution in [3.05, 3.63) is 40.8 Å². The molecule has 1 aromatic carbocycles. The molecule has 40 heavy (non-hydrogen) atoms. The molecule has 0 saturated carbocycles. The lowest BCUT2D eigenvalue weighted by molar-refractivity contribution is -0.136. The molecule has 3 aliphatic heterocycles. The number of ether oxygens (including phenoxy) is 1. The van der Waals surface area contributed by atoms with Crippen molar-refractivity contribution in [1.82, 2.24) is 20.4 Å². The van der Waals surface area contributed by atoms with Gasteiger partial charge in [-0.3, -0.25) is 9.69 Å². The van der Waals surface area contributed by atoms with Crippen molar-refractivity contribution < 1.29 is 24.1 Å². The van der Waals surface area contributed by atoms with Crippen LogP contribution in [0.3, 0.4) is 0 Å². The van der Waals surface area contributed by atoms with Crippen molar-refractivity contribution in [2.24, 2.45) is 16.8 Å². The summed E-state index contributed by atoms with van der Waals surface area (Å²) >= 11 is 5.98. The zero-order chi connectivity index (χ0) is 28.5. The zero-order valence-electron chi connectivity index (χ0n) is 23.3. The molecule has 0 aliphatic carbocycles. The molecule has 3 aliphatic rings. The van der Waals surface area contributed by atoms with E-state index < -0.39 is 11.6 Å². The largest absolute Gasteiger partial charge is 0.493 e. The van der Waals surface area contributed by atoms with Gasteiger partial charge in [0.1, 0.15) is 11.6 Å². The molecular weight excluding hydrogens is 537 g/mol. The lowest BCUT2D eigenvalue weighted by Crippen LogP contribution is -2.57. The summed E-state index contributed by atoms with van der Waals surface area (Å²) in [5.74, 6) is 0.579. The van der Waals surface area contributed by atoms with Gasteiger partial charge in [-0.15, -0.1) is 0 Å². The Morgan fingerprint density at radius 1 is 1.25 bits per heavy atom. The number of benzene rings is 1. The Balaban J connectivity index is 1.09. The topological polar surface area (TPSA) is 110 Å². The molecule has 11 heteroatoms. The van der Waals surface area contributed by atoms with Gasteiger partial charge in [0.2, 0.25) is 5.91 Å². The summed E-state index contributed by atoms with van der Waals surface area (Å²) in [5.41, 5.74) is 0.381. The van der Waals surface area contributed by atoms with E-state index in [1.807, 2.05) is 0 Å². The molecule has 1 amide bonds. The van der Waals surface area contributed by atoms with E-state index in [0.717, 1.165) is 45.2 Å². The molecule has 1 aromatic rings. The number of likely N-dealkylation sites (tertiary alicyclic amines) is 2. The number of aliphatic imine (C=N–C) groups is 1. The first kappa shape index (κ1) is 30.7. The number of allylic oxidation sites excluding steroid dienone is 1. The van der Waals surface area contributed by atoms with Crippen molar-refractivity contribution in [3.63, 3.8) is 0 Å². The van der Waals surface area contributed by atoms with E-state index >= 15 is 0 Å². The van der Waals surface area contributed by atoms with Gasteiger partial charge in [-0.2, -0.15) is 0 Å². The number of aliphatic hydroxyl groups excluding tert-OH is 2. The predicted octanol–water partition coefficient (Wildman–Crippen LogP) is 2.46. The van der Waals surface area contributed by atoms with Crippen molar-refractivity contribution >= 4 is 23.7 Å². The Kier molecular flexibility index (Phi) is 11.2. The second-order valence-corrected chi connectivity index (χ2v) is 11.7. The number of nitrogens with one attached hydrogen (secondary N) is 2. The van der Waals surface area contributed by atoms with Crippen LogP contribution in [0.25, 0.3) is 0 Å². The van der Waals surface area contributed by atoms with E-state index in [4.69, 9.17) is 26.6 Å². The third-order valence-electron chi connectivity index (χ3n) is 8.28. The third-order valence-corrected chi connectivity index (χ3v) is 8.49. The van der Waals surface area contributed by atoms with Crippen LogP contribution in [0.15, 0.2) is 34.4 Å². The van der Waals surface area contributed by atoms with Crippen molar-refractivity contribution in [3.8, 4) is 5.75 Å². The van der Waals surface area contributed by atoms with Gasteiger partial charge >= 0.3 is 0 Å². The highest BCUT2D eigenvalue weighted by atomic mass is 35.5. The standard InChI is InChI=1S/C29H43ClFN5O4/c1-29(33-15-24(30)16-34-29)36-10-7-21(8-11-36)3-2-12-40-26-5-4-23(27(31)14-26)13-28(39)35-17-22(18-35)6-9-32-25(19-37)20-38/h4-5,14-16,21-22,25,32-33,37-38H,2-3,6-13,17-20H2,1H3. The van der Waals surface area contributed by atoms with Gasteiger partial charge < -0.3 is 30.5 Å². The van der Waals surface area contributed by atoms with Gasteiger partial charge in [-0.1, -0.05) is 17.7 Å². The Morgan fingerprint density at radius 3 is 2.65 bits per heavy atom. The Labute approximate surface area is 241 Å². The summed E-state index contributed by atoms with van der Waals surface area (Å²) in [6.07, 6.45) is 8.57. The summed E-state index contributed by atoms with van der Waals surface area (Å²) in [4.78, 5) is 21.2. The molecule has 3 heterocycles. The Hall–Kier alpha value is -2.24. The Bertz CT molecular complexity index is 1040. The van der Waals surface area contributed by atoms with Gasteiger partial charge in [-0.25, -0.2) is 9.38 Å². The summed E-state index contributed by atoms with van der Waals surface area (Å²) in [6, 6.07) is 4.46. The van der Waals surface area contributed by atoms with Crippen LogP contribution >= 0.6 is 11.6 Å². The van der Waals surface area contributed by atoms with Gasteiger partial charge in [0.25, 0.3) is 0 Å². The maximum Gasteiger partial charge on any atom is 0.227 e. The van der Waals surface area contributed by atoms with Crippen LogP contribution in [0, 0.1) is 17.7 Å². The molecule has 1 unspecified atom stereocenters. The molecule has 4 rings (SSSR count). The van der Waals surface area contributed by atoms with Crippen LogP contribution in [-0.2, 0) is 11.2 Å². The van der Waals surface area contributed by atoms with E-state index in [1.54, 1.807) is 29.4 Å². The minimum absolute atomic E-state index is 0.0378. The SMILES string of the molecule is CC1(N2CCC(CCCOc3ccc(CC(=O)N4CC(CCNC(CO)CO)C4)c(F)c3)CC2)N=CC(Cl)=CN1. The lowest BCUT2D eigenvalue weighted by atomic mass is 9.91. The number of piperidine rings is 1. The summed E-state index contributed by atoms with van der Waals surface area (Å²) in [5, 5.41) is 25.2. The van der Waals surface area contributed by atoms with E-state index in [2.05, 4.69) is 27.4 Å². The highest BCUT2D eigenvalue weighted by Gasteiger charge is 2.34. The molecule has 0 spiro atoms. The van der Waals surface area contributed by atoms with E-state index in [9.17, 15) is 9.18 Å². The van der Waals surface area contributed by atoms with Gasteiger partial charge in [0.05, 0.1) is 37.3 Å². The number of amides is 1. The maximum absolute atomic E-state index is 14.7. The second-order valence-electron chi connectivity index (χ2n) is 11.3. The molecule has 0 radical (unpaired) electrons. The lowest BCUT2D eigenvalue weighted by Gasteiger charge is -2.43. The molecule has 9 nitrogen and oxygen atoms in total. The third kappa shape index (κ3) is 8.39. The molecule has 2 fully saturated rings. The van der Waals surface area contributed by atoms with Crippen LogP contribution in [0.2, 0.25) is 0 Å². The molecule has 1 atom stereocenters. The highest BCUT2D eigenvalue weighted by Crippen LogP contribution is 2.28. The minimum Gasteiger partial charge on any atom is -0.493 e. The molecule has 0 aromatic heterocycles. The van der Waals surface area contributed by atoms with E-state index in [0.29, 0.717) is 54.4 Å². The summed E-state index contributed by atoms with van der Waals surface area (Å²) < 4.78 is 20.5. The zero-order valence-corrected chi connectivity index (χ0v) is 24.1. The first-order valence-corrected chi connectivity index (χ1v) is 14.7. The summed E-state index contributed by atoms with van der Waals surface area (Å²) in [6.45, 7) is 6.30. The van der Waals surface area contributed by atoms with Crippen molar-refractivity contribution in [2.75, 3.05) is 52.5 Å². The monoisotopic (exact) mass is 579 g/mol. The second kappa shape index (κ2) is 14.6. The minimum atomic E-state index is -0.435. The number of carbonyl (C=O) groups excluding carboxylic acids is 1. The van der Waals surface area contributed by atoms with Gasteiger partial charge in [-0.05, 0) is 69.0 Å². The molecule has 0 bridgehead atoms. The fourth-order valence-electron chi connectivity index (χ4n) is 5.53. The van der Waals surface area contributed by atoms with Gasteiger partial charge in [0, 0.05) is 44.7 Å². The van der Waals surface area contributed by atoms with E-state index in [-0.39, 0.29) is 31.6 Å². The van der Waals surface area contributed by atoms with Crippen molar-refractivity contribution in [1.29, 1.82) is 0 Å². The van der Waals surface area contributed by atoms with Crippen LogP contribution in [0.5, 0.6) is 5.75 Å². The van der Waals surface area contributed by atoms with Crippen LogP contribution in [-0.4, -0.2) is 96.5 Å². The molecule has 222 valence electrons. The number of rotatable bonds is 14. The average molecular weight is 580 g/mol. The number of carbonyl (C=O) groups is 1. The fraction of sp³-hybridized carbons (Fsp3) is 0.655. The van der Waals surface area contributed by atoms with Gasteiger partial charge in [0.15, 0.2) is 5.79 Å². The number of halogens is 2. The normalized spacial score (nSPS) is 22.2. The highest BCUT2D eigenvalue weighted by molar-refractivity contribution is 6.39. The van der Waals surface area contributed by atoms with E-state index in [1.165, 1.54) is 6.07 Å². The quantitative estimate of drug-likeness (QED) is 0.251. The smallest absolute Gasteiger partial charge is 0.227 e. The molecular formula is C29H43ClFN5O4. The van der Waals surface area contributed by atoms with Crippen LogP contribution in [0.4, 0.5) is 4.39 Å². The van der Waals surface area contributed by atoms with Crippen LogP contribution in [0.1, 0.15) is 44.6 Å². The number of aliphatic hydroxyl groups is 2. The number of nitrogens with zero attached hydrogens (tertiary/aromatic N) is 3. The fourth-order valence-corrected chi connectivity index (χ4v) is 5.63. The number of hydrogen-bond acceptors (Lipinski definition) is 8. The molecule has 4 N–H and O–H groups in total. The van der Waals surface area contributed by atoms with Crippen LogP contribution < -0.4 is 15.4 Å². The van der Waals surface area contributed by atoms with Crippen molar-refractivity contribution in [2.45, 2.75) is 57.3 Å². The predicted molar refractivity (Wildman–Crippen MR) is 154 cm³/mol.